The lowest BCUT2D eigenvalue weighted by molar-refractivity contribution is -0.131. The molecule has 1 unspecified atom stereocenters. The topological polar surface area (TPSA) is 61.4 Å². The number of hydrogen-bond donors (Lipinski definition) is 2. The third-order valence-electron chi connectivity index (χ3n) is 2.77. The molecule has 1 atom stereocenters. The van der Waals surface area contributed by atoms with Crippen LogP contribution < -0.4 is 10.6 Å². The first-order valence-electron chi connectivity index (χ1n) is 6.09. The molecule has 0 aliphatic carbocycles. The normalized spacial score (nSPS) is 20.8. The maximum absolute atomic E-state index is 11.6. The molecule has 1 heterocycles. The van der Waals surface area contributed by atoms with Gasteiger partial charge in [-0.1, -0.05) is 0 Å². The van der Waals surface area contributed by atoms with Crippen LogP contribution in [0.1, 0.15) is 33.6 Å². The van der Waals surface area contributed by atoms with E-state index in [9.17, 15) is 9.59 Å². The number of nitrogens with one attached hydrogen (secondary N) is 2. The molecule has 1 aliphatic heterocycles. The van der Waals surface area contributed by atoms with Crippen molar-refractivity contribution in [1.82, 2.24) is 15.5 Å². The first-order chi connectivity index (χ1) is 7.79. The summed E-state index contributed by atoms with van der Waals surface area (Å²) in [6.45, 7) is 7.52. The molecule has 0 saturated carbocycles. The molecule has 1 rings (SSSR count). The third-order valence-corrected chi connectivity index (χ3v) is 2.77. The first-order valence-corrected chi connectivity index (χ1v) is 6.09. The molecule has 0 spiro atoms. The molecule has 98 valence electrons. The standard InChI is InChI=1S/C12H23N3O2/c1-12(2,3)13-7-5-10(16)14-9-6-8-15(4)11(9)17/h9,13H,5-8H2,1-4H3,(H,14,16). The minimum Gasteiger partial charge on any atom is -0.344 e. The lowest BCUT2D eigenvalue weighted by Crippen LogP contribution is -2.43. The molecule has 5 heteroatoms. The van der Waals surface area contributed by atoms with Gasteiger partial charge in [-0.05, 0) is 27.2 Å². The Balaban J connectivity index is 2.24. The van der Waals surface area contributed by atoms with Crippen LogP contribution in [-0.2, 0) is 9.59 Å². The monoisotopic (exact) mass is 241 g/mol. The highest BCUT2D eigenvalue weighted by Gasteiger charge is 2.29. The Morgan fingerprint density at radius 1 is 1.47 bits per heavy atom. The molecule has 17 heavy (non-hydrogen) atoms. The molecule has 1 fully saturated rings. The highest BCUT2D eigenvalue weighted by molar-refractivity contribution is 5.88. The van der Waals surface area contributed by atoms with Crippen molar-refractivity contribution in [3.8, 4) is 0 Å². The molecule has 0 radical (unpaired) electrons. The Morgan fingerprint density at radius 3 is 2.59 bits per heavy atom. The second-order valence-corrected chi connectivity index (χ2v) is 5.60. The van der Waals surface area contributed by atoms with Crippen LogP contribution in [0.2, 0.25) is 0 Å². The lowest BCUT2D eigenvalue weighted by atomic mass is 10.1. The summed E-state index contributed by atoms with van der Waals surface area (Å²) in [5, 5.41) is 6.02. The summed E-state index contributed by atoms with van der Waals surface area (Å²) in [4.78, 5) is 24.8. The second-order valence-electron chi connectivity index (χ2n) is 5.60. The Labute approximate surface area is 103 Å². The van der Waals surface area contributed by atoms with Gasteiger partial charge >= 0.3 is 0 Å². The van der Waals surface area contributed by atoms with E-state index < -0.39 is 0 Å². The summed E-state index contributed by atoms with van der Waals surface area (Å²) in [5.41, 5.74) is 0.0175. The Morgan fingerprint density at radius 2 is 2.12 bits per heavy atom. The first kappa shape index (κ1) is 14.0. The Bertz CT molecular complexity index is 297. The van der Waals surface area contributed by atoms with Gasteiger partial charge in [0, 0.05) is 32.1 Å². The van der Waals surface area contributed by atoms with E-state index in [-0.39, 0.29) is 23.4 Å². The molecule has 0 bridgehead atoms. The summed E-state index contributed by atoms with van der Waals surface area (Å²) < 4.78 is 0. The number of likely N-dealkylation sites (N-methyl/N-ethyl adjacent to an activating group) is 1. The molecular weight excluding hydrogens is 218 g/mol. The molecule has 5 nitrogen and oxygen atoms in total. The number of hydrogen-bond acceptors (Lipinski definition) is 3. The zero-order chi connectivity index (χ0) is 13.1. The maximum Gasteiger partial charge on any atom is 0.244 e. The Hall–Kier alpha value is -1.10. The molecule has 0 aromatic carbocycles. The molecule has 2 N–H and O–H groups in total. The molecular formula is C12H23N3O2. The van der Waals surface area contributed by atoms with Gasteiger partial charge < -0.3 is 15.5 Å². The number of carbonyl (C=O) groups excluding carboxylic acids is 2. The summed E-state index contributed by atoms with van der Waals surface area (Å²) in [5.74, 6) is -0.0440. The SMILES string of the molecule is CN1CCC(NC(=O)CCNC(C)(C)C)C1=O. The van der Waals surface area contributed by atoms with Crippen LogP contribution in [0, 0.1) is 0 Å². The van der Waals surface area contributed by atoms with E-state index in [0.717, 1.165) is 6.54 Å². The van der Waals surface area contributed by atoms with Gasteiger partial charge in [0.25, 0.3) is 0 Å². The van der Waals surface area contributed by atoms with Crippen molar-refractivity contribution in [2.45, 2.75) is 45.2 Å². The fourth-order valence-corrected chi connectivity index (χ4v) is 1.77. The molecule has 1 aliphatic rings. The molecule has 0 aromatic rings. The van der Waals surface area contributed by atoms with Gasteiger partial charge in [-0.2, -0.15) is 0 Å². The zero-order valence-electron chi connectivity index (χ0n) is 11.2. The quantitative estimate of drug-likeness (QED) is 0.734. The van der Waals surface area contributed by atoms with Crippen molar-refractivity contribution in [2.24, 2.45) is 0 Å². The zero-order valence-corrected chi connectivity index (χ0v) is 11.2. The second kappa shape index (κ2) is 5.49. The Kier molecular flexibility index (Phi) is 4.51. The predicted molar refractivity (Wildman–Crippen MR) is 66.6 cm³/mol. The van der Waals surface area contributed by atoms with Gasteiger partial charge in [-0.15, -0.1) is 0 Å². The number of rotatable bonds is 4. The summed E-state index contributed by atoms with van der Waals surface area (Å²) >= 11 is 0. The highest BCUT2D eigenvalue weighted by atomic mass is 16.2. The average Bonchev–Trinajstić information content (AvgIpc) is 2.47. The summed E-state index contributed by atoms with van der Waals surface area (Å²) in [6.07, 6.45) is 1.12. The van der Waals surface area contributed by atoms with Crippen molar-refractivity contribution in [3.63, 3.8) is 0 Å². The van der Waals surface area contributed by atoms with Gasteiger partial charge in [-0.25, -0.2) is 0 Å². The number of nitrogens with zero attached hydrogens (tertiary/aromatic N) is 1. The van der Waals surface area contributed by atoms with E-state index in [1.54, 1.807) is 11.9 Å². The fourth-order valence-electron chi connectivity index (χ4n) is 1.77. The van der Waals surface area contributed by atoms with Gasteiger partial charge in [0.15, 0.2) is 0 Å². The van der Waals surface area contributed by atoms with Crippen molar-refractivity contribution in [3.05, 3.63) is 0 Å². The minimum atomic E-state index is -0.317. The third kappa shape index (κ3) is 4.73. The van der Waals surface area contributed by atoms with Gasteiger partial charge in [0.05, 0.1) is 0 Å². The maximum atomic E-state index is 11.6. The summed E-state index contributed by atoms with van der Waals surface area (Å²) in [6, 6.07) is -0.317. The van der Waals surface area contributed by atoms with Crippen LogP contribution in [-0.4, -0.2) is 48.4 Å². The van der Waals surface area contributed by atoms with E-state index in [1.165, 1.54) is 0 Å². The van der Waals surface area contributed by atoms with E-state index in [1.807, 2.05) is 0 Å². The van der Waals surface area contributed by atoms with Crippen LogP contribution in [0.5, 0.6) is 0 Å². The molecule has 1 saturated heterocycles. The van der Waals surface area contributed by atoms with Crippen molar-refractivity contribution >= 4 is 11.8 Å². The number of likely N-dealkylation sites (tertiary alicyclic amines) is 1. The summed E-state index contributed by atoms with van der Waals surface area (Å²) in [7, 11) is 1.76. The molecule has 0 aromatic heterocycles. The van der Waals surface area contributed by atoms with Crippen LogP contribution in [0.15, 0.2) is 0 Å². The minimum absolute atomic E-state index is 0.0159. The van der Waals surface area contributed by atoms with Crippen molar-refractivity contribution in [2.75, 3.05) is 20.1 Å². The average molecular weight is 241 g/mol. The molecule has 2 amide bonds. The predicted octanol–water partition coefficient (Wildman–Crippen LogP) is 0.112. The van der Waals surface area contributed by atoms with Gasteiger partial charge in [0.2, 0.25) is 11.8 Å². The van der Waals surface area contributed by atoms with Gasteiger partial charge in [-0.3, -0.25) is 9.59 Å². The van der Waals surface area contributed by atoms with Gasteiger partial charge in [0.1, 0.15) is 6.04 Å². The van der Waals surface area contributed by atoms with E-state index in [4.69, 9.17) is 0 Å². The van der Waals surface area contributed by atoms with Crippen molar-refractivity contribution in [1.29, 1.82) is 0 Å². The highest BCUT2D eigenvalue weighted by Crippen LogP contribution is 2.08. The van der Waals surface area contributed by atoms with E-state index in [0.29, 0.717) is 19.4 Å². The van der Waals surface area contributed by atoms with Crippen LogP contribution in [0.4, 0.5) is 0 Å². The number of amides is 2. The largest absolute Gasteiger partial charge is 0.344 e. The van der Waals surface area contributed by atoms with Crippen LogP contribution >= 0.6 is 0 Å². The van der Waals surface area contributed by atoms with E-state index >= 15 is 0 Å². The fraction of sp³-hybridized carbons (Fsp3) is 0.833. The van der Waals surface area contributed by atoms with Crippen LogP contribution in [0.3, 0.4) is 0 Å². The van der Waals surface area contributed by atoms with Crippen LogP contribution in [0.25, 0.3) is 0 Å². The van der Waals surface area contributed by atoms with Crippen molar-refractivity contribution < 1.29 is 9.59 Å². The smallest absolute Gasteiger partial charge is 0.244 e. The number of carbonyl (C=O) groups is 2. The van der Waals surface area contributed by atoms with E-state index in [2.05, 4.69) is 31.4 Å². The lowest BCUT2D eigenvalue weighted by Gasteiger charge is -2.20.